The zero-order valence-electron chi connectivity index (χ0n) is 37.6. The van der Waals surface area contributed by atoms with Gasteiger partial charge in [-0.05, 0) is 158 Å². The van der Waals surface area contributed by atoms with Crippen molar-refractivity contribution in [3.63, 3.8) is 0 Å². The van der Waals surface area contributed by atoms with Crippen LogP contribution >= 0.6 is 0 Å². The van der Waals surface area contributed by atoms with Gasteiger partial charge in [0.2, 0.25) is 0 Å². The summed E-state index contributed by atoms with van der Waals surface area (Å²) in [6.07, 6.45) is 1.96. The minimum absolute atomic E-state index is 0.000888. The van der Waals surface area contributed by atoms with Crippen molar-refractivity contribution in [2.24, 2.45) is 0 Å². The average molecular weight is 818 g/mol. The Morgan fingerprint density at radius 3 is 2.03 bits per heavy atom. The zero-order chi connectivity index (χ0) is 43.5. The second-order valence-corrected chi connectivity index (χ2v) is 18.8. The van der Waals surface area contributed by atoms with Crippen molar-refractivity contribution in [2.45, 2.75) is 67.7 Å². The van der Waals surface area contributed by atoms with Crippen LogP contribution in [0.4, 0.5) is 0 Å². The highest BCUT2D eigenvalue weighted by molar-refractivity contribution is 6.13. The molecular formula is C58H51N5. The van der Waals surface area contributed by atoms with Crippen LogP contribution in [-0.2, 0) is 5.41 Å². The first-order valence-corrected chi connectivity index (χ1v) is 22.1. The maximum Gasteiger partial charge on any atom is 0.147 e. The van der Waals surface area contributed by atoms with Crippen LogP contribution < -0.4 is 0 Å². The van der Waals surface area contributed by atoms with Gasteiger partial charge in [-0.3, -0.25) is 9.13 Å². The van der Waals surface area contributed by atoms with E-state index in [4.69, 9.17) is 9.97 Å². The van der Waals surface area contributed by atoms with E-state index in [9.17, 15) is 0 Å². The first-order chi connectivity index (χ1) is 30.3. The predicted octanol–water partition coefficient (Wildman–Crippen LogP) is 15.3. The first kappa shape index (κ1) is 38.7. The van der Waals surface area contributed by atoms with E-state index in [-0.39, 0.29) is 5.41 Å². The largest absolute Gasteiger partial charge is 0.354 e. The van der Waals surface area contributed by atoms with Gasteiger partial charge in [-0.25, -0.2) is 9.97 Å². The van der Waals surface area contributed by atoms with E-state index < -0.39 is 0 Å². The highest BCUT2D eigenvalue weighted by Gasteiger charge is 2.24. The number of rotatable bonds is 5. The minimum Gasteiger partial charge on any atom is -0.354 e. The lowest BCUT2D eigenvalue weighted by atomic mass is 9.86. The Morgan fingerprint density at radius 1 is 0.524 bits per heavy atom. The van der Waals surface area contributed by atoms with Crippen molar-refractivity contribution in [1.82, 2.24) is 24.1 Å². The summed E-state index contributed by atoms with van der Waals surface area (Å²) in [5.41, 5.74) is 22.2. The number of aryl methyl sites for hydroxylation is 5. The Labute approximate surface area is 368 Å². The number of H-pyrrole nitrogens is 1. The third-order valence-electron chi connectivity index (χ3n) is 13.5. The number of hydrogen-bond donors (Lipinski definition) is 1. The lowest BCUT2D eigenvalue weighted by molar-refractivity contribution is 0.591. The monoisotopic (exact) mass is 817 g/mol. The average Bonchev–Trinajstić information content (AvgIpc) is 3.94. The van der Waals surface area contributed by atoms with Gasteiger partial charge in [-0.1, -0.05) is 99.1 Å². The van der Waals surface area contributed by atoms with Crippen LogP contribution in [0.2, 0.25) is 0 Å². The highest BCUT2D eigenvalue weighted by atomic mass is 15.1. The Morgan fingerprint density at radius 2 is 1.25 bits per heavy atom. The van der Waals surface area contributed by atoms with E-state index >= 15 is 0 Å². The smallest absolute Gasteiger partial charge is 0.147 e. The summed E-state index contributed by atoms with van der Waals surface area (Å²) >= 11 is 0. The fourth-order valence-electron chi connectivity index (χ4n) is 10.2. The van der Waals surface area contributed by atoms with Crippen molar-refractivity contribution in [2.75, 3.05) is 0 Å². The van der Waals surface area contributed by atoms with E-state index in [1.54, 1.807) is 0 Å². The SMILES string of the molecule is Cc1cc(C)c(-c2ccnc(-n3c4ccc(C(C)(C)C)cc4c4ccc(-c5cccc6c5nc(-c5cccc7c5[nH]c5ccccc57)n6-c5cc(C)c(C)c(C)c5)cc43)c2)c(C)c1. The molecule has 0 unspecified atom stereocenters. The molecular weight excluding hydrogens is 767 g/mol. The Hall–Kier alpha value is -7.24. The van der Waals surface area contributed by atoms with Crippen molar-refractivity contribution in [3.8, 4) is 45.1 Å². The normalized spacial score (nSPS) is 12.2. The maximum atomic E-state index is 5.67. The summed E-state index contributed by atoms with van der Waals surface area (Å²) in [4.78, 5) is 14.5. The van der Waals surface area contributed by atoms with Gasteiger partial charge >= 0.3 is 0 Å². The molecule has 4 aromatic heterocycles. The van der Waals surface area contributed by atoms with Crippen molar-refractivity contribution >= 4 is 54.6 Å². The molecule has 63 heavy (non-hydrogen) atoms. The molecule has 308 valence electrons. The van der Waals surface area contributed by atoms with E-state index in [0.29, 0.717) is 0 Å². The molecule has 11 aromatic rings. The van der Waals surface area contributed by atoms with Crippen LogP contribution in [0.5, 0.6) is 0 Å². The fraction of sp³-hybridized carbons (Fsp3) is 0.172. The lowest BCUT2D eigenvalue weighted by Gasteiger charge is -2.19. The molecule has 0 saturated heterocycles. The summed E-state index contributed by atoms with van der Waals surface area (Å²) in [6.45, 7) is 20.1. The summed E-state index contributed by atoms with van der Waals surface area (Å²) in [6, 6.07) is 49.3. The Bertz CT molecular complexity index is 3630. The van der Waals surface area contributed by atoms with Crippen LogP contribution in [0.25, 0.3) is 99.8 Å². The number of benzene rings is 7. The predicted molar refractivity (Wildman–Crippen MR) is 266 cm³/mol. The first-order valence-electron chi connectivity index (χ1n) is 22.1. The van der Waals surface area contributed by atoms with Gasteiger partial charge in [0.25, 0.3) is 0 Å². The molecule has 0 saturated carbocycles. The third-order valence-corrected chi connectivity index (χ3v) is 13.5. The molecule has 7 aromatic carbocycles. The van der Waals surface area contributed by atoms with Crippen LogP contribution in [0.15, 0.2) is 140 Å². The molecule has 0 aliphatic rings. The van der Waals surface area contributed by atoms with Crippen LogP contribution in [0.1, 0.15) is 59.7 Å². The number of aromatic amines is 1. The Kier molecular flexibility index (Phi) is 8.68. The van der Waals surface area contributed by atoms with Crippen molar-refractivity contribution < 1.29 is 0 Å². The van der Waals surface area contributed by atoms with Gasteiger partial charge in [-0.2, -0.15) is 0 Å². The van der Waals surface area contributed by atoms with Gasteiger partial charge in [0.05, 0.1) is 27.6 Å². The van der Waals surface area contributed by atoms with Gasteiger partial charge in [0, 0.05) is 50.1 Å². The minimum atomic E-state index is -0.000888. The molecule has 5 nitrogen and oxygen atoms in total. The van der Waals surface area contributed by atoms with Crippen LogP contribution in [0, 0.1) is 41.5 Å². The van der Waals surface area contributed by atoms with E-state index in [2.05, 4.69) is 210 Å². The fourth-order valence-corrected chi connectivity index (χ4v) is 10.2. The number of fused-ring (bicyclic) bond motifs is 7. The van der Waals surface area contributed by atoms with Gasteiger partial charge < -0.3 is 4.98 Å². The molecule has 5 heteroatoms. The standard InChI is InChI=1S/C58H51N5/c1-33-26-36(4)54(37(5)27-33)40-24-25-59-53(31-40)63-50-23-21-41(58(7,8)9)32-48(50)45-22-20-39(30-52(45)63)43-15-13-19-51-56(43)61-57(62(51)42-28-34(2)38(6)35(3)29-42)47-17-12-16-46-44-14-10-11-18-49(44)60-55(46)47/h10-32,60H,1-9H3. The topological polar surface area (TPSA) is 51.4 Å². The molecule has 0 aliphatic heterocycles. The van der Waals surface area contributed by atoms with Crippen molar-refractivity contribution in [1.29, 1.82) is 0 Å². The summed E-state index contributed by atoms with van der Waals surface area (Å²) < 4.78 is 4.73. The second kappa shape index (κ2) is 14.1. The highest BCUT2D eigenvalue weighted by Crippen LogP contribution is 2.42. The molecule has 4 heterocycles. The molecule has 0 bridgehead atoms. The molecule has 0 fully saturated rings. The van der Waals surface area contributed by atoms with Gasteiger partial charge in [-0.15, -0.1) is 0 Å². The molecule has 11 rings (SSSR count). The van der Waals surface area contributed by atoms with E-state index in [1.165, 1.54) is 71.6 Å². The van der Waals surface area contributed by atoms with Crippen LogP contribution in [0.3, 0.4) is 0 Å². The maximum absolute atomic E-state index is 5.67. The molecule has 1 N–H and O–H groups in total. The molecule has 0 amide bonds. The Balaban J connectivity index is 1.18. The number of aromatic nitrogens is 5. The molecule has 0 radical (unpaired) electrons. The van der Waals surface area contributed by atoms with Gasteiger partial charge in [0.1, 0.15) is 11.6 Å². The summed E-state index contributed by atoms with van der Waals surface area (Å²) in [5.74, 6) is 1.80. The number of imidazole rings is 1. The number of para-hydroxylation sites is 3. The van der Waals surface area contributed by atoms with Crippen molar-refractivity contribution in [3.05, 3.63) is 179 Å². The molecule has 0 aliphatic carbocycles. The lowest BCUT2D eigenvalue weighted by Crippen LogP contribution is -2.10. The number of pyridine rings is 1. The van der Waals surface area contributed by atoms with E-state index in [1.807, 2.05) is 6.20 Å². The van der Waals surface area contributed by atoms with Crippen LogP contribution in [-0.4, -0.2) is 24.1 Å². The molecule has 0 spiro atoms. The van der Waals surface area contributed by atoms with E-state index in [0.717, 1.165) is 67.1 Å². The zero-order valence-corrected chi connectivity index (χ0v) is 37.6. The number of hydrogen-bond acceptors (Lipinski definition) is 2. The summed E-state index contributed by atoms with van der Waals surface area (Å²) in [5, 5.41) is 4.82. The quantitative estimate of drug-likeness (QED) is 0.188. The second-order valence-electron chi connectivity index (χ2n) is 18.8. The van der Waals surface area contributed by atoms with Gasteiger partial charge in [0.15, 0.2) is 0 Å². The molecule has 0 atom stereocenters. The number of nitrogens with one attached hydrogen (secondary N) is 1. The summed E-state index contributed by atoms with van der Waals surface area (Å²) in [7, 11) is 0. The third kappa shape index (κ3) is 6.12. The number of nitrogens with zero attached hydrogens (tertiary/aromatic N) is 4.